The Morgan fingerprint density at radius 3 is 2.41 bits per heavy atom. The number of nitrogens with zero attached hydrogens (tertiary/aromatic N) is 3. The van der Waals surface area contributed by atoms with E-state index in [1.165, 1.54) is 0 Å². The van der Waals surface area contributed by atoms with Crippen molar-refractivity contribution in [3.63, 3.8) is 0 Å². The number of methoxy groups -OCH3 is 1. The largest absolute Gasteiger partial charge is 0.496 e. The average molecular weight is 384 g/mol. The summed E-state index contributed by atoms with van der Waals surface area (Å²) in [7, 11) is 1.67. The fourth-order valence-corrected chi connectivity index (χ4v) is 3.84. The Labute approximate surface area is 164 Å². The quantitative estimate of drug-likeness (QED) is 0.509. The Kier molecular flexibility index (Phi) is 6.40. The molecule has 0 saturated carbocycles. The molecule has 0 saturated heterocycles. The second kappa shape index (κ2) is 8.95. The standard InChI is InChI=1S/C21H25N3O2S/c1-5-24-20(17-11-7-9-13-19(17)25-4)22-23-21(24)27-14-16-10-6-8-12-18(16)26-15(2)3/h6-13,15H,5,14H2,1-4H3. The zero-order valence-corrected chi connectivity index (χ0v) is 17.0. The van der Waals surface area contributed by atoms with Gasteiger partial charge in [0.05, 0.1) is 18.8 Å². The molecule has 1 heterocycles. The highest BCUT2D eigenvalue weighted by molar-refractivity contribution is 7.98. The molecule has 0 aliphatic rings. The number of hydrogen-bond acceptors (Lipinski definition) is 5. The summed E-state index contributed by atoms with van der Waals surface area (Å²) in [4.78, 5) is 0. The molecule has 3 aromatic rings. The molecule has 5 nitrogen and oxygen atoms in total. The van der Waals surface area contributed by atoms with Crippen molar-refractivity contribution in [2.24, 2.45) is 0 Å². The van der Waals surface area contributed by atoms with E-state index >= 15 is 0 Å². The topological polar surface area (TPSA) is 49.2 Å². The lowest BCUT2D eigenvalue weighted by molar-refractivity contribution is 0.240. The third kappa shape index (κ3) is 4.45. The Balaban J connectivity index is 1.85. The molecule has 0 aliphatic carbocycles. The van der Waals surface area contributed by atoms with Gasteiger partial charge in [0.1, 0.15) is 11.5 Å². The van der Waals surface area contributed by atoms with Crippen molar-refractivity contribution in [1.29, 1.82) is 0 Å². The fourth-order valence-electron chi connectivity index (χ4n) is 2.84. The molecule has 0 aliphatic heterocycles. The SMILES string of the molecule is CCn1c(SCc2ccccc2OC(C)C)nnc1-c1ccccc1OC. The van der Waals surface area contributed by atoms with Gasteiger partial charge in [0.25, 0.3) is 0 Å². The van der Waals surface area contributed by atoms with Crippen LogP contribution in [0.25, 0.3) is 11.4 Å². The maximum atomic E-state index is 5.92. The van der Waals surface area contributed by atoms with E-state index in [-0.39, 0.29) is 6.10 Å². The Morgan fingerprint density at radius 1 is 1.00 bits per heavy atom. The highest BCUT2D eigenvalue weighted by atomic mass is 32.2. The minimum Gasteiger partial charge on any atom is -0.496 e. The summed E-state index contributed by atoms with van der Waals surface area (Å²) in [5.41, 5.74) is 2.10. The van der Waals surface area contributed by atoms with Crippen LogP contribution in [0.5, 0.6) is 11.5 Å². The molecule has 2 aromatic carbocycles. The lowest BCUT2D eigenvalue weighted by Crippen LogP contribution is -2.07. The van der Waals surface area contributed by atoms with Crippen LogP contribution in [-0.4, -0.2) is 28.0 Å². The molecule has 142 valence electrons. The van der Waals surface area contributed by atoms with Crippen molar-refractivity contribution in [3.8, 4) is 22.9 Å². The predicted molar refractivity (Wildman–Crippen MR) is 109 cm³/mol. The molecule has 0 spiro atoms. The summed E-state index contributed by atoms with van der Waals surface area (Å²) in [6.07, 6.45) is 0.146. The molecule has 0 amide bonds. The summed E-state index contributed by atoms with van der Waals surface area (Å²) in [6.45, 7) is 6.96. The fraction of sp³-hybridized carbons (Fsp3) is 0.333. The zero-order chi connectivity index (χ0) is 19.2. The van der Waals surface area contributed by atoms with Gasteiger partial charge in [-0.05, 0) is 39.0 Å². The molecule has 0 fully saturated rings. The van der Waals surface area contributed by atoms with Gasteiger partial charge in [-0.2, -0.15) is 0 Å². The van der Waals surface area contributed by atoms with Crippen LogP contribution in [0.2, 0.25) is 0 Å². The Morgan fingerprint density at radius 2 is 1.70 bits per heavy atom. The van der Waals surface area contributed by atoms with Gasteiger partial charge in [0.15, 0.2) is 11.0 Å². The first-order valence-electron chi connectivity index (χ1n) is 9.08. The van der Waals surface area contributed by atoms with E-state index in [4.69, 9.17) is 9.47 Å². The molecule has 1 aromatic heterocycles. The van der Waals surface area contributed by atoms with Crippen molar-refractivity contribution >= 4 is 11.8 Å². The van der Waals surface area contributed by atoms with E-state index in [0.717, 1.165) is 45.9 Å². The van der Waals surface area contributed by atoms with Gasteiger partial charge in [0.2, 0.25) is 0 Å². The molecule has 0 N–H and O–H groups in total. The van der Waals surface area contributed by atoms with Crippen molar-refractivity contribution < 1.29 is 9.47 Å². The molecule has 0 bridgehead atoms. The van der Waals surface area contributed by atoms with E-state index in [1.807, 2.05) is 56.3 Å². The number of rotatable bonds is 8. The minimum absolute atomic E-state index is 0.146. The first kappa shape index (κ1) is 19.3. The van der Waals surface area contributed by atoms with Crippen molar-refractivity contribution in [1.82, 2.24) is 14.8 Å². The van der Waals surface area contributed by atoms with Gasteiger partial charge in [-0.1, -0.05) is 42.1 Å². The van der Waals surface area contributed by atoms with E-state index < -0.39 is 0 Å². The maximum absolute atomic E-state index is 5.92. The second-order valence-corrected chi connectivity index (χ2v) is 7.26. The molecule has 0 atom stereocenters. The van der Waals surface area contributed by atoms with E-state index in [1.54, 1.807) is 18.9 Å². The summed E-state index contributed by atoms with van der Waals surface area (Å²) in [6, 6.07) is 16.0. The lowest BCUT2D eigenvalue weighted by atomic mass is 10.2. The van der Waals surface area contributed by atoms with Crippen LogP contribution < -0.4 is 9.47 Å². The van der Waals surface area contributed by atoms with Gasteiger partial charge in [-0.25, -0.2) is 0 Å². The van der Waals surface area contributed by atoms with Crippen LogP contribution in [0.1, 0.15) is 26.3 Å². The number of aromatic nitrogens is 3. The van der Waals surface area contributed by atoms with Gasteiger partial charge in [0, 0.05) is 17.9 Å². The van der Waals surface area contributed by atoms with Gasteiger partial charge in [-0.3, -0.25) is 0 Å². The predicted octanol–water partition coefficient (Wildman–Crippen LogP) is 5.05. The smallest absolute Gasteiger partial charge is 0.191 e. The van der Waals surface area contributed by atoms with E-state index in [0.29, 0.717) is 0 Å². The molecule has 3 rings (SSSR count). The number of ether oxygens (including phenoxy) is 2. The third-order valence-corrected chi connectivity index (χ3v) is 5.09. The van der Waals surface area contributed by atoms with Crippen LogP contribution >= 0.6 is 11.8 Å². The maximum Gasteiger partial charge on any atom is 0.191 e. The lowest BCUT2D eigenvalue weighted by Gasteiger charge is -2.14. The van der Waals surface area contributed by atoms with Gasteiger partial charge < -0.3 is 14.0 Å². The molecule has 0 unspecified atom stereocenters. The Bertz CT molecular complexity index is 893. The summed E-state index contributed by atoms with van der Waals surface area (Å²) in [5, 5.41) is 9.74. The minimum atomic E-state index is 0.146. The second-order valence-electron chi connectivity index (χ2n) is 6.31. The van der Waals surface area contributed by atoms with Crippen LogP contribution in [0, 0.1) is 0 Å². The monoisotopic (exact) mass is 383 g/mol. The number of hydrogen-bond donors (Lipinski definition) is 0. The van der Waals surface area contributed by atoms with Crippen molar-refractivity contribution in [2.75, 3.05) is 7.11 Å². The molecular weight excluding hydrogens is 358 g/mol. The van der Waals surface area contributed by atoms with E-state index in [2.05, 4.69) is 27.8 Å². The summed E-state index contributed by atoms with van der Waals surface area (Å²) >= 11 is 1.66. The summed E-state index contributed by atoms with van der Waals surface area (Å²) in [5.74, 6) is 3.32. The highest BCUT2D eigenvalue weighted by Crippen LogP contribution is 2.33. The van der Waals surface area contributed by atoms with Gasteiger partial charge in [-0.15, -0.1) is 10.2 Å². The van der Waals surface area contributed by atoms with Crippen LogP contribution in [0.15, 0.2) is 53.7 Å². The normalized spacial score (nSPS) is 11.0. The first-order valence-corrected chi connectivity index (χ1v) is 10.1. The van der Waals surface area contributed by atoms with Crippen LogP contribution in [0.4, 0.5) is 0 Å². The van der Waals surface area contributed by atoms with Gasteiger partial charge >= 0.3 is 0 Å². The molecule has 6 heteroatoms. The average Bonchev–Trinajstić information content (AvgIpc) is 3.09. The molecular formula is C21H25N3O2S. The van der Waals surface area contributed by atoms with Crippen molar-refractivity contribution in [2.45, 2.75) is 44.3 Å². The number of thioether (sulfide) groups is 1. The summed E-state index contributed by atoms with van der Waals surface area (Å²) < 4.78 is 13.5. The molecule has 27 heavy (non-hydrogen) atoms. The number of benzene rings is 2. The van der Waals surface area contributed by atoms with Crippen LogP contribution in [-0.2, 0) is 12.3 Å². The van der Waals surface area contributed by atoms with Crippen molar-refractivity contribution in [3.05, 3.63) is 54.1 Å². The first-order chi connectivity index (χ1) is 13.1. The zero-order valence-electron chi connectivity index (χ0n) is 16.2. The Hall–Kier alpha value is -2.47. The highest BCUT2D eigenvalue weighted by Gasteiger charge is 2.17. The number of para-hydroxylation sites is 2. The van der Waals surface area contributed by atoms with Crippen LogP contribution in [0.3, 0.4) is 0 Å². The van der Waals surface area contributed by atoms with E-state index in [9.17, 15) is 0 Å². The third-order valence-electron chi connectivity index (χ3n) is 4.07. The molecule has 0 radical (unpaired) electrons.